The van der Waals surface area contributed by atoms with Crippen LogP contribution >= 0.6 is 0 Å². The van der Waals surface area contributed by atoms with Crippen molar-refractivity contribution in [1.29, 1.82) is 0 Å². The van der Waals surface area contributed by atoms with Gasteiger partial charge >= 0.3 is 12.0 Å². The zero-order valence-corrected chi connectivity index (χ0v) is 29.6. The van der Waals surface area contributed by atoms with Crippen LogP contribution in [-0.4, -0.2) is 53.9 Å². The first-order chi connectivity index (χ1) is 26.2. The molecule has 0 fully saturated rings. The van der Waals surface area contributed by atoms with Gasteiger partial charge in [-0.25, -0.2) is 15.0 Å². The largest absolute Gasteiger partial charge is 0.493 e. The van der Waals surface area contributed by atoms with Gasteiger partial charge in [-0.2, -0.15) is 5.10 Å². The lowest BCUT2D eigenvalue weighted by Gasteiger charge is -2.28. The van der Waals surface area contributed by atoms with Crippen molar-refractivity contribution in [2.45, 2.75) is 19.9 Å². The Balaban J connectivity index is 1.24. The zero-order chi connectivity index (χ0) is 38.2. The summed E-state index contributed by atoms with van der Waals surface area (Å²) in [6.07, 6.45) is 1.54. The number of allylic oxidation sites excluding steroid dienone is 1. The molecule has 0 saturated carbocycles. The molecule has 0 bridgehead atoms. The standard InChI is InChI=1S/C40H36N6O8/c1-4-53-39(48)36-25(2)42-40(49)43-37(36)28-15-20-33(34(22-28)52-3)54-24-35(47)44-41-23-29-21-32(26-11-7-5-8-12-26)45(38(29)27-13-9-6-10-14-27)30-16-18-31(19-17-30)46(50)51/h5-23,37H,4,24H2,1-3H3,(H,44,47)(H2,42,43,49)/b41-23-/t37-/m0/s1. The van der Waals surface area contributed by atoms with Crippen molar-refractivity contribution in [2.24, 2.45) is 5.10 Å². The lowest BCUT2D eigenvalue weighted by Crippen LogP contribution is -2.45. The van der Waals surface area contributed by atoms with Crippen molar-refractivity contribution in [3.05, 3.63) is 142 Å². The minimum absolute atomic E-state index is 0.0284. The van der Waals surface area contributed by atoms with E-state index in [1.807, 2.05) is 71.3 Å². The Hall–Kier alpha value is -7.22. The van der Waals surface area contributed by atoms with E-state index in [1.165, 1.54) is 25.5 Å². The second-order valence-corrected chi connectivity index (χ2v) is 12.0. The number of nitro groups is 1. The van der Waals surface area contributed by atoms with Crippen LogP contribution in [0.15, 0.2) is 126 Å². The van der Waals surface area contributed by atoms with Crippen LogP contribution in [0.2, 0.25) is 0 Å². The normalized spacial score (nSPS) is 13.9. The fourth-order valence-corrected chi connectivity index (χ4v) is 6.09. The first-order valence-corrected chi connectivity index (χ1v) is 16.9. The summed E-state index contributed by atoms with van der Waals surface area (Å²) >= 11 is 0. The van der Waals surface area contributed by atoms with Crippen molar-refractivity contribution in [3.8, 4) is 39.7 Å². The first kappa shape index (κ1) is 36.6. The van der Waals surface area contributed by atoms with E-state index in [4.69, 9.17) is 14.2 Å². The van der Waals surface area contributed by atoms with E-state index >= 15 is 0 Å². The predicted molar refractivity (Wildman–Crippen MR) is 201 cm³/mol. The number of benzene rings is 4. The van der Waals surface area contributed by atoms with Crippen LogP contribution in [0.1, 0.15) is 31.0 Å². The molecule has 1 aromatic heterocycles. The number of amides is 3. The summed E-state index contributed by atoms with van der Waals surface area (Å²) in [4.78, 5) is 49.0. The van der Waals surface area contributed by atoms with Gasteiger partial charge < -0.3 is 29.4 Å². The van der Waals surface area contributed by atoms with E-state index in [0.29, 0.717) is 22.5 Å². The number of esters is 1. The van der Waals surface area contributed by atoms with E-state index in [-0.39, 0.29) is 29.4 Å². The van der Waals surface area contributed by atoms with Crippen molar-refractivity contribution in [2.75, 3.05) is 20.3 Å². The number of urea groups is 1. The minimum Gasteiger partial charge on any atom is -0.493 e. The van der Waals surface area contributed by atoms with Crippen LogP contribution in [0.3, 0.4) is 0 Å². The summed E-state index contributed by atoms with van der Waals surface area (Å²) in [6.45, 7) is 3.07. The van der Waals surface area contributed by atoms with Crippen LogP contribution in [0.5, 0.6) is 11.5 Å². The Morgan fingerprint density at radius 1 is 0.944 bits per heavy atom. The summed E-state index contributed by atoms with van der Waals surface area (Å²) in [5.74, 6) is -0.603. The Morgan fingerprint density at radius 3 is 2.28 bits per heavy atom. The monoisotopic (exact) mass is 728 g/mol. The van der Waals surface area contributed by atoms with Gasteiger partial charge in [0.05, 0.1) is 47.9 Å². The molecule has 54 heavy (non-hydrogen) atoms. The maximum absolute atomic E-state index is 13.0. The SMILES string of the molecule is CCOC(=O)C1=C(C)NC(=O)N[C@H]1c1ccc(OCC(=O)N/N=C\c2cc(-c3ccccc3)n(-c3ccc([N+](=O)[O-])cc3)c2-c2ccccc2)c(OC)c1. The van der Waals surface area contributed by atoms with E-state index < -0.39 is 35.5 Å². The summed E-state index contributed by atoms with van der Waals surface area (Å²) in [5.41, 5.74) is 8.33. The fourth-order valence-electron chi connectivity index (χ4n) is 6.09. The smallest absolute Gasteiger partial charge is 0.338 e. The fraction of sp³-hybridized carbons (Fsp3) is 0.150. The number of nitrogens with one attached hydrogen (secondary N) is 3. The summed E-state index contributed by atoms with van der Waals surface area (Å²) < 4.78 is 18.5. The van der Waals surface area contributed by atoms with Crippen LogP contribution in [0.4, 0.5) is 10.5 Å². The molecular weight excluding hydrogens is 692 g/mol. The summed E-state index contributed by atoms with van der Waals surface area (Å²) in [7, 11) is 1.43. The lowest BCUT2D eigenvalue weighted by atomic mass is 9.95. The van der Waals surface area contributed by atoms with Gasteiger partial charge in [0.1, 0.15) is 0 Å². The van der Waals surface area contributed by atoms with Crippen LogP contribution in [-0.2, 0) is 14.3 Å². The van der Waals surface area contributed by atoms with Crippen molar-refractivity contribution >= 4 is 29.8 Å². The molecular formula is C40H36N6O8. The maximum atomic E-state index is 13.0. The number of hydrogen-bond donors (Lipinski definition) is 3. The molecule has 6 rings (SSSR count). The average molecular weight is 729 g/mol. The number of aromatic nitrogens is 1. The van der Waals surface area contributed by atoms with E-state index in [0.717, 1.165) is 22.5 Å². The van der Waals surface area contributed by atoms with Crippen molar-refractivity contribution < 1.29 is 33.5 Å². The number of rotatable bonds is 13. The topological polar surface area (TPSA) is 175 Å². The quantitative estimate of drug-likeness (QED) is 0.0537. The highest BCUT2D eigenvalue weighted by molar-refractivity contribution is 5.95. The van der Waals surface area contributed by atoms with Crippen molar-refractivity contribution in [1.82, 2.24) is 20.6 Å². The van der Waals surface area contributed by atoms with Gasteiger partial charge in [-0.3, -0.25) is 14.9 Å². The highest BCUT2D eigenvalue weighted by atomic mass is 16.6. The van der Waals surface area contributed by atoms with E-state index in [9.17, 15) is 24.5 Å². The highest BCUT2D eigenvalue weighted by Crippen LogP contribution is 2.37. The molecule has 1 atom stereocenters. The van der Waals surface area contributed by atoms with Gasteiger partial charge in [0, 0.05) is 29.1 Å². The van der Waals surface area contributed by atoms with E-state index in [2.05, 4.69) is 21.2 Å². The van der Waals surface area contributed by atoms with Gasteiger partial charge in [0.15, 0.2) is 18.1 Å². The molecule has 1 aliphatic rings. The summed E-state index contributed by atoms with van der Waals surface area (Å²) in [5, 5.41) is 21.0. The van der Waals surface area contributed by atoms with Gasteiger partial charge in [-0.05, 0) is 60.9 Å². The molecule has 3 N–H and O–H groups in total. The van der Waals surface area contributed by atoms with Gasteiger partial charge in [0.2, 0.25) is 0 Å². The third-order valence-corrected chi connectivity index (χ3v) is 8.50. The summed E-state index contributed by atoms with van der Waals surface area (Å²) in [6, 6.07) is 31.1. The average Bonchev–Trinajstić information content (AvgIpc) is 3.56. The molecule has 14 heteroatoms. The van der Waals surface area contributed by atoms with Gasteiger partial charge in [-0.1, -0.05) is 66.7 Å². The number of non-ortho nitro benzene ring substituents is 1. The highest BCUT2D eigenvalue weighted by Gasteiger charge is 2.32. The van der Waals surface area contributed by atoms with Gasteiger partial charge in [0.25, 0.3) is 11.6 Å². The first-order valence-electron chi connectivity index (χ1n) is 16.9. The number of hydrazone groups is 1. The molecule has 5 aromatic rings. The Morgan fingerprint density at radius 2 is 1.63 bits per heavy atom. The van der Waals surface area contributed by atoms with Crippen molar-refractivity contribution in [3.63, 3.8) is 0 Å². The van der Waals surface area contributed by atoms with Crippen LogP contribution < -0.4 is 25.5 Å². The predicted octanol–water partition coefficient (Wildman–Crippen LogP) is 6.45. The Labute approximate surface area is 310 Å². The molecule has 0 radical (unpaired) electrons. The van der Waals surface area contributed by atoms with Crippen LogP contribution in [0, 0.1) is 10.1 Å². The number of carbonyl (C=O) groups is 3. The third-order valence-electron chi connectivity index (χ3n) is 8.50. The number of carbonyl (C=O) groups excluding carboxylic acids is 3. The maximum Gasteiger partial charge on any atom is 0.338 e. The molecule has 0 unspecified atom stereocenters. The molecule has 0 saturated heterocycles. The molecule has 1 aliphatic heterocycles. The third kappa shape index (κ3) is 7.97. The zero-order valence-electron chi connectivity index (χ0n) is 29.6. The van der Waals surface area contributed by atoms with Gasteiger partial charge in [-0.15, -0.1) is 0 Å². The molecule has 2 heterocycles. The molecule has 0 spiro atoms. The molecule has 14 nitrogen and oxygen atoms in total. The number of hydrogen-bond acceptors (Lipinski definition) is 9. The van der Waals surface area contributed by atoms with Crippen LogP contribution in [0.25, 0.3) is 28.2 Å². The second kappa shape index (κ2) is 16.4. The van der Waals surface area contributed by atoms with E-state index in [1.54, 1.807) is 44.2 Å². The number of ether oxygens (including phenoxy) is 3. The molecule has 3 amide bonds. The molecule has 4 aromatic carbocycles. The molecule has 0 aliphatic carbocycles. The second-order valence-electron chi connectivity index (χ2n) is 12.0. The number of methoxy groups -OCH3 is 1. The molecule has 274 valence electrons. The minimum atomic E-state index is -0.808. The number of nitrogens with zero attached hydrogens (tertiary/aromatic N) is 3. The Kier molecular flexibility index (Phi) is 11.1. The number of nitro benzene ring substituents is 1. The lowest BCUT2D eigenvalue weighted by molar-refractivity contribution is -0.384. The Bertz CT molecular complexity index is 2250.